The largest absolute Gasteiger partial charge is 0.368 e. The van der Waals surface area contributed by atoms with Crippen molar-refractivity contribution in [2.75, 3.05) is 22.5 Å². The predicted octanol–water partition coefficient (Wildman–Crippen LogP) is 2.76. The van der Waals surface area contributed by atoms with Gasteiger partial charge in [-0.1, -0.05) is 42.5 Å². The predicted molar refractivity (Wildman–Crippen MR) is 95.2 cm³/mol. The maximum atomic E-state index is 5.89. The second-order valence-electron chi connectivity index (χ2n) is 5.75. The molecule has 2 aromatic carbocycles. The molecule has 3 N–H and O–H groups in total. The van der Waals surface area contributed by atoms with Crippen LogP contribution < -0.4 is 16.0 Å². The molecule has 1 aromatic heterocycles. The van der Waals surface area contributed by atoms with Crippen molar-refractivity contribution in [1.29, 1.82) is 0 Å². The van der Waals surface area contributed by atoms with Gasteiger partial charge in [-0.2, -0.15) is 15.0 Å². The molecule has 0 spiro atoms. The van der Waals surface area contributed by atoms with Crippen LogP contribution in [-0.4, -0.2) is 21.5 Å². The van der Waals surface area contributed by atoms with Gasteiger partial charge in [0.05, 0.1) is 0 Å². The second-order valence-corrected chi connectivity index (χ2v) is 5.75. The molecular formula is C18H18N6. The number of anilines is 4. The lowest BCUT2D eigenvalue weighted by atomic mass is 10.0. The zero-order valence-electron chi connectivity index (χ0n) is 13.2. The first kappa shape index (κ1) is 14.4. The van der Waals surface area contributed by atoms with Crippen molar-refractivity contribution < 1.29 is 0 Å². The minimum absolute atomic E-state index is 0.220. The molecule has 2 heterocycles. The number of para-hydroxylation sites is 1. The molecule has 3 aromatic rings. The Balaban J connectivity index is 1.60. The standard InChI is InChI=1S/C18H18N6/c19-16-21-17(20-15-8-2-1-3-9-15)23-18(22-16)24-11-10-13-6-4-5-7-14(13)12-24/h1-9H,10-12H2,(H3,19,20,21,22,23). The summed E-state index contributed by atoms with van der Waals surface area (Å²) in [5.74, 6) is 1.29. The third-order valence-electron chi connectivity index (χ3n) is 4.08. The van der Waals surface area contributed by atoms with Crippen LogP contribution in [0, 0.1) is 0 Å². The number of nitrogen functional groups attached to an aromatic ring is 1. The summed E-state index contributed by atoms with van der Waals surface area (Å²) in [5, 5.41) is 3.17. The average Bonchev–Trinajstić information content (AvgIpc) is 2.62. The Morgan fingerprint density at radius 1 is 0.875 bits per heavy atom. The van der Waals surface area contributed by atoms with Crippen LogP contribution in [0.15, 0.2) is 54.6 Å². The van der Waals surface area contributed by atoms with Crippen LogP contribution in [0.4, 0.5) is 23.5 Å². The Hall–Kier alpha value is -3.15. The van der Waals surface area contributed by atoms with Crippen LogP contribution in [0.3, 0.4) is 0 Å². The normalized spacial score (nSPS) is 13.4. The zero-order chi connectivity index (χ0) is 16.4. The highest BCUT2D eigenvalue weighted by Crippen LogP contribution is 2.23. The van der Waals surface area contributed by atoms with Crippen molar-refractivity contribution in [3.8, 4) is 0 Å². The lowest BCUT2D eigenvalue weighted by Gasteiger charge is -2.28. The molecule has 4 rings (SSSR count). The molecule has 0 aliphatic carbocycles. The van der Waals surface area contributed by atoms with E-state index in [0.717, 1.165) is 25.2 Å². The molecule has 0 atom stereocenters. The van der Waals surface area contributed by atoms with Gasteiger partial charge in [-0.15, -0.1) is 0 Å². The van der Waals surface area contributed by atoms with Crippen LogP contribution in [0.25, 0.3) is 0 Å². The van der Waals surface area contributed by atoms with E-state index in [0.29, 0.717) is 11.9 Å². The molecular weight excluding hydrogens is 300 g/mol. The maximum Gasteiger partial charge on any atom is 0.233 e. The molecule has 6 heteroatoms. The smallest absolute Gasteiger partial charge is 0.233 e. The highest BCUT2D eigenvalue weighted by atomic mass is 15.3. The molecule has 0 saturated carbocycles. The van der Waals surface area contributed by atoms with Gasteiger partial charge in [0.15, 0.2) is 0 Å². The third-order valence-corrected chi connectivity index (χ3v) is 4.08. The molecule has 0 amide bonds. The third kappa shape index (κ3) is 2.99. The summed E-state index contributed by atoms with van der Waals surface area (Å²) in [6.07, 6.45) is 0.975. The molecule has 6 nitrogen and oxygen atoms in total. The maximum absolute atomic E-state index is 5.89. The van der Waals surface area contributed by atoms with E-state index >= 15 is 0 Å². The number of nitrogens with zero attached hydrogens (tertiary/aromatic N) is 4. The molecule has 1 aliphatic rings. The quantitative estimate of drug-likeness (QED) is 0.773. The first-order valence-corrected chi connectivity index (χ1v) is 7.93. The summed E-state index contributed by atoms with van der Waals surface area (Å²) in [4.78, 5) is 15.2. The number of hydrogen-bond acceptors (Lipinski definition) is 6. The molecule has 1 aliphatic heterocycles. The molecule has 120 valence electrons. The molecule has 0 bridgehead atoms. The van der Waals surface area contributed by atoms with Crippen LogP contribution in [-0.2, 0) is 13.0 Å². The summed E-state index contributed by atoms with van der Waals surface area (Å²) >= 11 is 0. The van der Waals surface area contributed by atoms with Crippen molar-refractivity contribution in [3.63, 3.8) is 0 Å². The molecule has 24 heavy (non-hydrogen) atoms. The van der Waals surface area contributed by atoms with Gasteiger partial charge < -0.3 is 16.0 Å². The Morgan fingerprint density at radius 3 is 2.46 bits per heavy atom. The van der Waals surface area contributed by atoms with Gasteiger partial charge in [-0.25, -0.2) is 0 Å². The van der Waals surface area contributed by atoms with Gasteiger partial charge >= 0.3 is 0 Å². The zero-order valence-corrected chi connectivity index (χ0v) is 13.2. The molecule has 0 fully saturated rings. The minimum atomic E-state index is 0.220. The van der Waals surface area contributed by atoms with E-state index in [1.165, 1.54) is 11.1 Å². The second kappa shape index (κ2) is 6.16. The summed E-state index contributed by atoms with van der Waals surface area (Å²) in [7, 11) is 0. The van der Waals surface area contributed by atoms with Gasteiger partial charge in [-0.3, -0.25) is 0 Å². The SMILES string of the molecule is Nc1nc(Nc2ccccc2)nc(N2CCc3ccccc3C2)n1. The van der Waals surface area contributed by atoms with Gasteiger partial charge in [0.25, 0.3) is 0 Å². The lowest BCUT2D eigenvalue weighted by molar-refractivity contribution is 0.706. The van der Waals surface area contributed by atoms with Crippen molar-refractivity contribution in [3.05, 3.63) is 65.7 Å². The first-order chi connectivity index (χ1) is 11.8. The van der Waals surface area contributed by atoms with Crippen LogP contribution in [0.5, 0.6) is 0 Å². The van der Waals surface area contributed by atoms with Crippen LogP contribution >= 0.6 is 0 Å². The fraction of sp³-hybridized carbons (Fsp3) is 0.167. The number of fused-ring (bicyclic) bond motifs is 1. The van der Waals surface area contributed by atoms with Gasteiger partial charge in [0, 0.05) is 18.8 Å². The van der Waals surface area contributed by atoms with E-state index < -0.39 is 0 Å². The van der Waals surface area contributed by atoms with Crippen LogP contribution in [0.1, 0.15) is 11.1 Å². The summed E-state index contributed by atoms with van der Waals surface area (Å²) < 4.78 is 0. The van der Waals surface area contributed by atoms with Crippen LogP contribution in [0.2, 0.25) is 0 Å². The number of rotatable bonds is 3. The minimum Gasteiger partial charge on any atom is -0.368 e. The van der Waals surface area contributed by atoms with Gasteiger partial charge in [0.1, 0.15) is 0 Å². The topological polar surface area (TPSA) is 80.0 Å². The Kier molecular flexibility index (Phi) is 3.70. The summed E-state index contributed by atoms with van der Waals surface area (Å²) in [6.45, 7) is 1.65. The number of hydrogen-bond donors (Lipinski definition) is 2. The number of nitrogens with one attached hydrogen (secondary N) is 1. The van der Waals surface area contributed by atoms with E-state index in [9.17, 15) is 0 Å². The highest BCUT2D eigenvalue weighted by molar-refractivity contribution is 5.55. The van der Waals surface area contributed by atoms with E-state index in [4.69, 9.17) is 5.73 Å². The van der Waals surface area contributed by atoms with Crippen molar-refractivity contribution >= 4 is 23.5 Å². The van der Waals surface area contributed by atoms with E-state index in [2.05, 4.69) is 49.4 Å². The summed E-state index contributed by atoms with van der Waals surface area (Å²) in [5.41, 5.74) is 9.49. The number of aromatic nitrogens is 3. The number of benzene rings is 2. The summed E-state index contributed by atoms with van der Waals surface area (Å²) in [6, 6.07) is 18.2. The van der Waals surface area contributed by atoms with Crippen molar-refractivity contribution in [2.24, 2.45) is 0 Å². The molecule has 0 unspecified atom stereocenters. The van der Waals surface area contributed by atoms with E-state index in [-0.39, 0.29) is 5.95 Å². The van der Waals surface area contributed by atoms with Crippen molar-refractivity contribution in [2.45, 2.75) is 13.0 Å². The van der Waals surface area contributed by atoms with Gasteiger partial charge in [0.2, 0.25) is 17.8 Å². The van der Waals surface area contributed by atoms with Crippen molar-refractivity contribution in [1.82, 2.24) is 15.0 Å². The van der Waals surface area contributed by atoms with Gasteiger partial charge in [-0.05, 0) is 29.7 Å². The lowest BCUT2D eigenvalue weighted by Crippen LogP contribution is -2.32. The Bertz CT molecular complexity index is 849. The van der Waals surface area contributed by atoms with E-state index in [1.54, 1.807) is 0 Å². The molecule has 0 radical (unpaired) electrons. The fourth-order valence-electron chi connectivity index (χ4n) is 2.90. The fourth-order valence-corrected chi connectivity index (χ4v) is 2.90. The molecule has 0 saturated heterocycles. The van der Waals surface area contributed by atoms with E-state index in [1.807, 2.05) is 30.3 Å². The average molecular weight is 318 g/mol. The highest BCUT2D eigenvalue weighted by Gasteiger charge is 2.19. The Morgan fingerprint density at radius 2 is 1.62 bits per heavy atom. The number of nitrogens with two attached hydrogens (primary N) is 1. The monoisotopic (exact) mass is 318 g/mol. The Labute approximate surface area is 140 Å². The first-order valence-electron chi connectivity index (χ1n) is 7.93.